The summed E-state index contributed by atoms with van der Waals surface area (Å²) in [5, 5.41) is -1.11. The van der Waals surface area contributed by atoms with Gasteiger partial charge in [-0.25, -0.2) is 22.0 Å². The highest BCUT2D eigenvalue weighted by molar-refractivity contribution is 7.93. The van der Waals surface area contributed by atoms with Crippen molar-refractivity contribution in [1.82, 2.24) is 0 Å². The molecule has 1 aromatic rings. The van der Waals surface area contributed by atoms with Crippen molar-refractivity contribution in [2.45, 2.75) is 31.4 Å². The Bertz CT molecular complexity index is 711. The fraction of sp³-hybridized carbons (Fsp3) is 0.400. The Labute approximate surface area is 133 Å². The molecule has 0 heterocycles. The van der Waals surface area contributed by atoms with Crippen LogP contribution in [0.25, 0.3) is 0 Å². The molecule has 23 heavy (non-hydrogen) atoms. The van der Waals surface area contributed by atoms with Gasteiger partial charge in [0, 0.05) is 6.07 Å². The predicted molar refractivity (Wildman–Crippen MR) is 81.3 cm³/mol. The summed E-state index contributed by atoms with van der Waals surface area (Å²) in [7, 11) is -4.03. The maximum Gasteiger partial charge on any atom is 0.335 e. The largest absolute Gasteiger partial charge is 0.463 e. The molecule has 0 aromatic heterocycles. The van der Waals surface area contributed by atoms with Crippen LogP contribution in [0.3, 0.4) is 0 Å². The Balaban J connectivity index is 2.28. The number of halogens is 2. The van der Waals surface area contributed by atoms with Gasteiger partial charge >= 0.3 is 5.97 Å². The first-order valence-corrected chi connectivity index (χ1v) is 8.73. The van der Waals surface area contributed by atoms with Gasteiger partial charge in [-0.05, 0) is 38.3 Å². The van der Waals surface area contributed by atoms with Gasteiger partial charge in [-0.2, -0.15) is 0 Å². The predicted octanol–water partition coefficient (Wildman–Crippen LogP) is 2.75. The topological polar surface area (TPSA) is 72.5 Å². The minimum atomic E-state index is -4.03. The van der Waals surface area contributed by atoms with Gasteiger partial charge in [0.2, 0.25) is 10.0 Å². The number of esters is 1. The minimum Gasteiger partial charge on any atom is -0.463 e. The summed E-state index contributed by atoms with van der Waals surface area (Å²) in [5.74, 6) is -2.48. The van der Waals surface area contributed by atoms with Crippen molar-refractivity contribution < 1.29 is 26.7 Å². The summed E-state index contributed by atoms with van der Waals surface area (Å²) in [6.07, 6.45) is 2.94. The fourth-order valence-electron chi connectivity index (χ4n) is 2.45. The lowest BCUT2D eigenvalue weighted by molar-refractivity contribution is -0.138. The van der Waals surface area contributed by atoms with Crippen molar-refractivity contribution in [3.8, 4) is 0 Å². The van der Waals surface area contributed by atoms with Crippen molar-refractivity contribution >= 4 is 21.7 Å². The maximum atomic E-state index is 13.2. The summed E-state index contributed by atoms with van der Waals surface area (Å²) < 4.78 is 58.4. The van der Waals surface area contributed by atoms with Crippen LogP contribution in [-0.2, 0) is 19.6 Å². The Kier molecular flexibility index (Phi) is 5.35. The second kappa shape index (κ2) is 7.08. The molecule has 0 radical (unpaired) electrons. The lowest BCUT2D eigenvalue weighted by atomic mass is 9.99. The quantitative estimate of drug-likeness (QED) is 0.833. The number of carbonyl (C=O) groups is 1. The normalized spacial score (nSPS) is 18.2. The van der Waals surface area contributed by atoms with Crippen molar-refractivity contribution in [2.24, 2.45) is 0 Å². The molecule has 8 heteroatoms. The molecule has 2 rings (SSSR count). The first kappa shape index (κ1) is 17.4. The zero-order valence-corrected chi connectivity index (χ0v) is 13.3. The Hall–Kier alpha value is -1.96. The van der Waals surface area contributed by atoms with Gasteiger partial charge in [-0.1, -0.05) is 6.08 Å². The number of nitrogens with one attached hydrogen (secondary N) is 1. The summed E-state index contributed by atoms with van der Waals surface area (Å²) in [6.45, 7) is 1.75. The lowest BCUT2D eigenvalue weighted by Crippen LogP contribution is -2.34. The fourth-order valence-corrected chi connectivity index (χ4v) is 4.04. The highest BCUT2D eigenvalue weighted by Gasteiger charge is 2.35. The standard InChI is InChI=1S/C15H17F2NO4S/c1-2-22-15(19)13-5-3-4-6-14(13)23(20,21)18-12-8-10(16)7-11(17)9-12/h5,7-9,14,18H,2-4,6H2,1H3. The third-order valence-corrected chi connectivity index (χ3v) is 5.15. The van der Waals surface area contributed by atoms with Gasteiger partial charge in [0.15, 0.2) is 0 Å². The number of hydrogen-bond donors (Lipinski definition) is 1. The molecule has 0 spiro atoms. The summed E-state index contributed by atoms with van der Waals surface area (Å²) in [4.78, 5) is 11.9. The summed E-state index contributed by atoms with van der Waals surface area (Å²) >= 11 is 0. The van der Waals surface area contributed by atoms with E-state index in [0.29, 0.717) is 18.9 Å². The molecule has 1 aliphatic rings. The number of rotatable bonds is 5. The molecular formula is C15H17F2NO4S. The second-order valence-corrected chi connectivity index (χ2v) is 6.97. The van der Waals surface area contributed by atoms with E-state index in [-0.39, 0.29) is 24.3 Å². The van der Waals surface area contributed by atoms with Crippen LogP contribution in [0.2, 0.25) is 0 Å². The molecule has 1 N–H and O–H groups in total. The van der Waals surface area contributed by atoms with Gasteiger partial charge in [0.1, 0.15) is 16.9 Å². The average molecular weight is 345 g/mol. The van der Waals surface area contributed by atoms with E-state index in [9.17, 15) is 22.0 Å². The molecule has 1 aromatic carbocycles. The molecule has 0 bridgehead atoms. The molecule has 0 fully saturated rings. The average Bonchev–Trinajstić information content (AvgIpc) is 2.46. The van der Waals surface area contributed by atoms with Crippen LogP contribution < -0.4 is 4.72 Å². The van der Waals surface area contributed by atoms with Gasteiger partial charge in [-0.3, -0.25) is 4.72 Å². The molecule has 0 amide bonds. The van der Waals surface area contributed by atoms with E-state index in [0.717, 1.165) is 12.1 Å². The Morgan fingerprint density at radius 1 is 1.30 bits per heavy atom. The maximum absolute atomic E-state index is 13.2. The number of carbonyl (C=O) groups excluding carboxylic acids is 1. The number of ether oxygens (including phenoxy) is 1. The molecule has 0 aliphatic heterocycles. The van der Waals surface area contributed by atoms with Gasteiger partial charge in [0.25, 0.3) is 0 Å². The zero-order valence-electron chi connectivity index (χ0n) is 12.5. The number of allylic oxidation sites excluding steroid dienone is 1. The van der Waals surface area contributed by atoms with Crippen molar-refractivity contribution in [3.63, 3.8) is 0 Å². The van der Waals surface area contributed by atoms with Crippen molar-refractivity contribution in [1.29, 1.82) is 0 Å². The number of anilines is 1. The third-order valence-electron chi connectivity index (χ3n) is 3.39. The van der Waals surface area contributed by atoms with Crippen molar-refractivity contribution in [2.75, 3.05) is 11.3 Å². The Morgan fingerprint density at radius 2 is 1.96 bits per heavy atom. The third kappa shape index (κ3) is 4.28. The van der Waals surface area contributed by atoms with Crippen LogP contribution >= 0.6 is 0 Å². The van der Waals surface area contributed by atoms with Crippen molar-refractivity contribution in [3.05, 3.63) is 41.5 Å². The SMILES string of the molecule is CCOC(=O)C1=CCCCC1S(=O)(=O)Nc1cc(F)cc(F)c1. The highest BCUT2D eigenvalue weighted by Crippen LogP contribution is 2.27. The number of benzene rings is 1. The van der Waals surface area contributed by atoms with E-state index in [4.69, 9.17) is 4.74 Å². The first-order chi connectivity index (χ1) is 10.8. The molecule has 0 saturated carbocycles. The van der Waals surface area contributed by atoms with Crippen LogP contribution in [0, 0.1) is 11.6 Å². The van der Waals surface area contributed by atoms with E-state index in [2.05, 4.69) is 4.72 Å². The molecular weight excluding hydrogens is 328 g/mol. The molecule has 0 saturated heterocycles. The van der Waals surface area contributed by atoms with Crippen LogP contribution in [0.1, 0.15) is 26.2 Å². The van der Waals surface area contributed by atoms with Gasteiger partial charge in [0.05, 0.1) is 17.9 Å². The summed E-state index contributed by atoms with van der Waals surface area (Å²) in [5.41, 5.74) is -0.168. The molecule has 1 aliphatic carbocycles. The van der Waals surface area contributed by atoms with E-state index in [1.165, 1.54) is 6.08 Å². The summed E-state index contributed by atoms with van der Waals surface area (Å²) in [6, 6.07) is 2.39. The van der Waals surface area contributed by atoms with E-state index < -0.39 is 32.9 Å². The molecule has 126 valence electrons. The van der Waals surface area contributed by atoms with Gasteiger partial charge < -0.3 is 4.74 Å². The van der Waals surface area contributed by atoms with E-state index >= 15 is 0 Å². The van der Waals surface area contributed by atoms with Crippen LogP contribution in [0.15, 0.2) is 29.8 Å². The monoisotopic (exact) mass is 345 g/mol. The molecule has 1 unspecified atom stereocenters. The molecule has 5 nitrogen and oxygen atoms in total. The number of sulfonamides is 1. The van der Waals surface area contributed by atoms with Crippen LogP contribution in [-0.4, -0.2) is 26.2 Å². The second-order valence-electron chi connectivity index (χ2n) is 5.10. The van der Waals surface area contributed by atoms with Crippen LogP contribution in [0.4, 0.5) is 14.5 Å². The molecule has 1 atom stereocenters. The zero-order chi connectivity index (χ0) is 17.0. The van der Waals surface area contributed by atoms with Crippen LogP contribution in [0.5, 0.6) is 0 Å². The number of hydrogen-bond acceptors (Lipinski definition) is 4. The first-order valence-electron chi connectivity index (χ1n) is 7.18. The minimum absolute atomic E-state index is 0.0578. The smallest absolute Gasteiger partial charge is 0.335 e. The Morgan fingerprint density at radius 3 is 2.57 bits per heavy atom. The highest BCUT2D eigenvalue weighted by atomic mass is 32.2. The lowest BCUT2D eigenvalue weighted by Gasteiger charge is -2.23. The van der Waals surface area contributed by atoms with E-state index in [1.54, 1.807) is 6.92 Å². The van der Waals surface area contributed by atoms with Gasteiger partial charge in [-0.15, -0.1) is 0 Å². The van der Waals surface area contributed by atoms with E-state index in [1.807, 2.05) is 0 Å².